The van der Waals surface area contributed by atoms with Crippen molar-refractivity contribution in [2.24, 2.45) is 0 Å². The molecule has 1 unspecified atom stereocenters. The number of carbonyl (C=O) groups excluding carboxylic acids is 1. The van der Waals surface area contributed by atoms with Gasteiger partial charge < -0.3 is 14.8 Å². The van der Waals surface area contributed by atoms with Gasteiger partial charge in [0.2, 0.25) is 5.91 Å². The molecule has 3 aromatic rings. The number of amides is 1. The highest BCUT2D eigenvalue weighted by Gasteiger charge is 2.28. The van der Waals surface area contributed by atoms with E-state index in [-0.39, 0.29) is 18.9 Å². The Morgan fingerprint density at radius 1 is 1.31 bits per heavy atom. The van der Waals surface area contributed by atoms with E-state index in [0.717, 1.165) is 16.9 Å². The molecule has 0 aliphatic carbocycles. The summed E-state index contributed by atoms with van der Waals surface area (Å²) in [6.45, 7) is 7.78. The van der Waals surface area contributed by atoms with Crippen LogP contribution in [-0.4, -0.2) is 32.3 Å². The molecular formula is C21H26N4O3S. The highest BCUT2D eigenvalue weighted by atomic mass is 32.1. The molecule has 3 rings (SSSR count). The van der Waals surface area contributed by atoms with Gasteiger partial charge in [-0.1, -0.05) is 29.8 Å². The van der Waals surface area contributed by atoms with Gasteiger partial charge in [-0.3, -0.25) is 14.5 Å². The molecule has 0 aliphatic heterocycles. The molecule has 0 spiro atoms. The van der Waals surface area contributed by atoms with Gasteiger partial charge in [0.1, 0.15) is 17.1 Å². The number of aliphatic hydroxyl groups is 1. The van der Waals surface area contributed by atoms with Crippen LogP contribution in [0, 0.1) is 25.5 Å². The van der Waals surface area contributed by atoms with Crippen molar-refractivity contribution in [2.75, 3.05) is 6.54 Å². The van der Waals surface area contributed by atoms with Crippen LogP contribution in [0.3, 0.4) is 0 Å². The largest absolute Gasteiger partial charge is 0.466 e. The summed E-state index contributed by atoms with van der Waals surface area (Å²) in [6.07, 6.45) is 0.214. The predicted molar refractivity (Wildman–Crippen MR) is 113 cm³/mol. The van der Waals surface area contributed by atoms with Gasteiger partial charge in [-0.2, -0.15) is 5.10 Å². The van der Waals surface area contributed by atoms with E-state index in [1.807, 2.05) is 38.1 Å². The standard InChI is InChI=1S/C21H26N4O3S/c1-13-5-7-16(8-6-13)19-23-24-20(29)25(19)10-9-18(26)22-12-21(4,27)17-11-14(2)28-15(17)3/h5-8,11,27H,9-10,12H2,1-4H3,(H,22,26)(H,24,29). The lowest BCUT2D eigenvalue weighted by atomic mass is 9.96. The van der Waals surface area contributed by atoms with Crippen molar-refractivity contribution >= 4 is 18.1 Å². The minimum Gasteiger partial charge on any atom is -0.466 e. The molecule has 0 saturated heterocycles. The summed E-state index contributed by atoms with van der Waals surface area (Å²) in [5.41, 5.74) is 1.55. The molecule has 0 fully saturated rings. The van der Waals surface area contributed by atoms with Gasteiger partial charge >= 0.3 is 0 Å². The summed E-state index contributed by atoms with van der Waals surface area (Å²) < 4.78 is 7.75. The molecule has 1 atom stereocenters. The van der Waals surface area contributed by atoms with Gasteiger partial charge in [-0.25, -0.2) is 0 Å². The number of nitrogens with one attached hydrogen (secondary N) is 2. The lowest BCUT2D eigenvalue weighted by Crippen LogP contribution is -2.39. The number of furan rings is 1. The second-order valence-electron chi connectivity index (χ2n) is 7.50. The van der Waals surface area contributed by atoms with Gasteiger partial charge in [0.05, 0.1) is 6.54 Å². The Bertz CT molecular complexity index is 1060. The summed E-state index contributed by atoms with van der Waals surface area (Å²) in [4.78, 5) is 12.4. The summed E-state index contributed by atoms with van der Waals surface area (Å²) in [5.74, 6) is 1.89. The van der Waals surface area contributed by atoms with Crippen LogP contribution in [0.1, 0.15) is 36.0 Å². The average Bonchev–Trinajstić information content (AvgIpc) is 3.21. The second-order valence-corrected chi connectivity index (χ2v) is 7.88. The Morgan fingerprint density at radius 2 is 2.00 bits per heavy atom. The number of benzene rings is 1. The van der Waals surface area contributed by atoms with Crippen molar-refractivity contribution in [1.82, 2.24) is 20.1 Å². The summed E-state index contributed by atoms with van der Waals surface area (Å²) in [5, 5.41) is 20.6. The molecule has 29 heavy (non-hydrogen) atoms. The molecule has 7 nitrogen and oxygen atoms in total. The Balaban J connectivity index is 1.63. The predicted octanol–water partition coefficient (Wildman–Crippen LogP) is 3.54. The molecule has 1 amide bonds. The number of aromatic nitrogens is 3. The molecule has 2 heterocycles. The van der Waals surface area contributed by atoms with Crippen LogP contribution in [0.25, 0.3) is 11.4 Å². The van der Waals surface area contributed by atoms with E-state index in [4.69, 9.17) is 16.6 Å². The maximum Gasteiger partial charge on any atom is 0.221 e. The average molecular weight is 415 g/mol. The zero-order chi connectivity index (χ0) is 21.2. The number of aryl methyl sites for hydroxylation is 3. The Morgan fingerprint density at radius 3 is 2.62 bits per heavy atom. The molecule has 8 heteroatoms. The van der Waals surface area contributed by atoms with E-state index in [2.05, 4.69) is 15.5 Å². The third-order valence-corrected chi connectivity index (χ3v) is 5.19. The molecule has 3 N–H and O–H groups in total. The van der Waals surface area contributed by atoms with E-state index in [0.29, 0.717) is 28.5 Å². The highest BCUT2D eigenvalue weighted by Crippen LogP contribution is 2.26. The van der Waals surface area contributed by atoms with E-state index in [9.17, 15) is 9.90 Å². The van der Waals surface area contributed by atoms with Crippen molar-refractivity contribution in [1.29, 1.82) is 0 Å². The fourth-order valence-corrected chi connectivity index (χ4v) is 3.50. The van der Waals surface area contributed by atoms with Gasteiger partial charge in [0, 0.05) is 24.1 Å². The lowest BCUT2D eigenvalue weighted by Gasteiger charge is -2.23. The van der Waals surface area contributed by atoms with Crippen LogP contribution in [0.5, 0.6) is 0 Å². The maximum atomic E-state index is 12.4. The topological polar surface area (TPSA) is 96.1 Å². The monoisotopic (exact) mass is 414 g/mol. The van der Waals surface area contributed by atoms with Gasteiger partial charge in [0.25, 0.3) is 0 Å². The van der Waals surface area contributed by atoms with Crippen molar-refractivity contribution in [2.45, 2.75) is 46.3 Å². The van der Waals surface area contributed by atoms with Crippen molar-refractivity contribution < 1.29 is 14.3 Å². The quantitative estimate of drug-likeness (QED) is 0.514. The molecule has 2 aromatic heterocycles. The molecule has 1 aromatic carbocycles. The lowest BCUT2D eigenvalue weighted by molar-refractivity contribution is -0.122. The summed E-state index contributed by atoms with van der Waals surface area (Å²) in [7, 11) is 0. The van der Waals surface area contributed by atoms with E-state index < -0.39 is 5.60 Å². The maximum absolute atomic E-state index is 12.4. The Hall–Kier alpha value is -2.71. The third kappa shape index (κ3) is 4.83. The first kappa shape index (κ1) is 21.0. The number of rotatable bonds is 7. The van der Waals surface area contributed by atoms with Crippen LogP contribution in [0.4, 0.5) is 0 Å². The molecule has 0 saturated carbocycles. The number of nitrogens with zero attached hydrogens (tertiary/aromatic N) is 2. The van der Waals surface area contributed by atoms with Crippen LogP contribution in [0.15, 0.2) is 34.7 Å². The minimum absolute atomic E-state index is 0.0905. The number of aromatic amines is 1. The van der Waals surface area contributed by atoms with E-state index >= 15 is 0 Å². The fraction of sp³-hybridized carbons (Fsp3) is 0.381. The van der Waals surface area contributed by atoms with Crippen molar-refractivity contribution in [3.63, 3.8) is 0 Å². The molecule has 0 bridgehead atoms. The highest BCUT2D eigenvalue weighted by molar-refractivity contribution is 7.71. The van der Waals surface area contributed by atoms with Crippen molar-refractivity contribution in [3.05, 3.63) is 57.8 Å². The number of carbonyl (C=O) groups is 1. The van der Waals surface area contributed by atoms with Crippen LogP contribution in [-0.2, 0) is 16.9 Å². The fourth-order valence-electron chi connectivity index (χ4n) is 3.28. The number of H-pyrrole nitrogens is 1. The zero-order valence-electron chi connectivity index (χ0n) is 17.1. The smallest absolute Gasteiger partial charge is 0.221 e. The van der Waals surface area contributed by atoms with E-state index in [1.54, 1.807) is 24.5 Å². The SMILES string of the molecule is Cc1ccc(-c2n[nH]c(=S)n2CCC(=O)NCC(C)(O)c2cc(C)oc2C)cc1. The third-order valence-electron chi connectivity index (χ3n) is 4.88. The van der Waals surface area contributed by atoms with Crippen molar-refractivity contribution in [3.8, 4) is 11.4 Å². The first-order valence-electron chi connectivity index (χ1n) is 9.46. The van der Waals surface area contributed by atoms with E-state index in [1.165, 1.54) is 0 Å². The van der Waals surface area contributed by atoms with Crippen LogP contribution < -0.4 is 5.32 Å². The molecule has 0 radical (unpaired) electrons. The van der Waals surface area contributed by atoms with Gasteiger partial charge in [-0.05, 0) is 46.0 Å². The van der Waals surface area contributed by atoms with Crippen LogP contribution >= 0.6 is 12.2 Å². The van der Waals surface area contributed by atoms with Gasteiger partial charge in [-0.15, -0.1) is 0 Å². The summed E-state index contributed by atoms with van der Waals surface area (Å²) in [6, 6.07) is 9.75. The van der Waals surface area contributed by atoms with Gasteiger partial charge in [0.15, 0.2) is 10.6 Å². The summed E-state index contributed by atoms with van der Waals surface area (Å²) >= 11 is 5.32. The molecular weight excluding hydrogens is 388 g/mol. The Kier molecular flexibility index (Phi) is 6.04. The minimum atomic E-state index is -1.21. The zero-order valence-corrected chi connectivity index (χ0v) is 17.9. The normalized spacial score (nSPS) is 13.3. The second kappa shape index (κ2) is 8.34. The first-order chi connectivity index (χ1) is 13.7. The Labute approximate surface area is 174 Å². The van der Waals surface area contributed by atoms with Crippen LogP contribution in [0.2, 0.25) is 0 Å². The first-order valence-corrected chi connectivity index (χ1v) is 9.87. The number of hydrogen-bond donors (Lipinski definition) is 3. The number of hydrogen-bond acceptors (Lipinski definition) is 5. The molecule has 154 valence electrons. The molecule has 0 aliphatic rings.